The highest BCUT2D eigenvalue weighted by atomic mass is 19.1. The summed E-state index contributed by atoms with van der Waals surface area (Å²) in [6.07, 6.45) is 2.96. The maximum atomic E-state index is 13.9. The number of carbonyl (C=O) groups is 1. The molecule has 1 unspecified atom stereocenters. The van der Waals surface area contributed by atoms with E-state index in [1.54, 1.807) is 23.9 Å². The van der Waals surface area contributed by atoms with Gasteiger partial charge in [-0.15, -0.1) is 0 Å². The van der Waals surface area contributed by atoms with Crippen LogP contribution in [0.5, 0.6) is 0 Å². The van der Waals surface area contributed by atoms with Crippen molar-refractivity contribution < 1.29 is 9.18 Å². The Morgan fingerprint density at radius 2 is 2.24 bits per heavy atom. The fourth-order valence-electron chi connectivity index (χ4n) is 2.22. The number of aromatic nitrogens is 2. The Labute approximate surface area is 123 Å². The summed E-state index contributed by atoms with van der Waals surface area (Å²) in [5.41, 5.74) is 7.59. The van der Waals surface area contributed by atoms with Gasteiger partial charge in [-0.3, -0.25) is 4.79 Å². The lowest BCUT2D eigenvalue weighted by Crippen LogP contribution is -2.20. The van der Waals surface area contributed by atoms with Crippen molar-refractivity contribution in [2.75, 3.05) is 6.54 Å². The molecule has 1 heterocycles. The molecule has 0 radical (unpaired) electrons. The van der Waals surface area contributed by atoms with Gasteiger partial charge in [0.25, 0.3) is 5.91 Å². The Morgan fingerprint density at radius 1 is 1.52 bits per heavy atom. The van der Waals surface area contributed by atoms with Gasteiger partial charge in [0, 0.05) is 12.2 Å². The molecule has 1 amide bonds. The summed E-state index contributed by atoms with van der Waals surface area (Å²) >= 11 is 0. The minimum absolute atomic E-state index is 0.0404. The molecule has 0 saturated carbocycles. The fourth-order valence-corrected chi connectivity index (χ4v) is 2.22. The van der Waals surface area contributed by atoms with E-state index >= 15 is 0 Å². The van der Waals surface area contributed by atoms with Crippen LogP contribution in [-0.4, -0.2) is 22.2 Å². The maximum absolute atomic E-state index is 13.9. The number of aryl methyl sites for hydroxylation is 1. The Bertz CT molecular complexity index is 666. The normalized spacial score (nSPS) is 12.4. The monoisotopic (exact) mass is 290 g/mol. The first-order valence-corrected chi connectivity index (χ1v) is 6.82. The van der Waals surface area contributed by atoms with Crippen LogP contribution >= 0.6 is 0 Å². The largest absolute Gasteiger partial charge is 0.366 e. The lowest BCUT2D eigenvalue weighted by Gasteiger charge is -2.18. The van der Waals surface area contributed by atoms with Crippen molar-refractivity contribution in [3.05, 3.63) is 47.0 Å². The molecule has 0 fully saturated rings. The van der Waals surface area contributed by atoms with E-state index in [4.69, 9.17) is 5.73 Å². The average molecular weight is 290 g/mol. The molecule has 21 heavy (non-hydrogen) atoms. The molecule has 1 aromatic carbocycles. The number of primary amides is 1. The van der Waals surface area contributed by atoms with Crippen LogP contribution in [0.1, 0.15) is 41.4 Å². The van der Waals surface area contributed by atoms with E-state index in [1.165, 1.54) is 12.3 Å². The van der Waals surface area contributed by atoms with Crippen LogP contribution in [0.4, 0.5) is 4.39 Å². The highest BCUT2D eigenvalue weighted by Gasteiger charge is 2.16. The predicted octanol–water partition coefficient (Wildman–Crippen LogP) is 2.09. The van der Waals surface area contributed by atoms with Gasteiger partial charge in [0.15, 0.2) is 0 Å². The Balaban J connectivity index is 2.54. The first-order valence-electron chi connectivity index (χ1n) is 6.82. The Kier molecular flexibility index (Phi) is 4.37. The summed E-state index contributed by atoms with van der Waals surface area (Å²) in [6, 6.07) is 3.18. The minimum atomic E-state index is -0.540. The summed E-state index contributed by atoms with van der Waals surface area (Å²) in [6.45, 7) is 6.40. The third kappa shape index (κ3) is 3.11. The summed E-state index contributed by atoms with van der Waals surface area (Å²) in [5, 5.41) is 7.40. The molecule has 3 N–H and O–H groups in total. The number of nitrogens with one attached hydrogen (secondary N) is 1. The Morgan fingerprint density at radius 3 is 2.81 bits per heavy atom. The van der Waals surface area contributed by atoms with Crippen molar-refractivity contribution in [1.29, 1.82) is 0 Å². The number of nitrogens with two attached hydrogens (primary N) is 1. The lowest BCUT2D eigenvalue weighted by atomic mass is 10.0. The van der Waals surface area contributed by atoms with E-state index in [0.29, 0.717) is 11.1 Å². The number of rotatable bonds is 5. The summed E-state index contributed by atoms with van der Waals surface area (Å²) in [5.74, 6) is -0.804. The molecule has 6 heteroatoms. The van der Waals surface area contributed by atoms with Gasteiger partial charge in [0.1, 0.15) is 5.82 Å². The van der Waals surface area contributed by atoms with Crippen molar-refractivity contribution in [3.63, 3.8) is 0 Å². The highest BCUT2D eigenvalue weighted by molar-refractivity contribution is 5.92. The molecular weight excluding hydrogens is 271 g/mol. The Hall–Kier alpha value is -2.21. The number of nitrogens with zero attached hydrogens (tertiary/aromatic N) is 2. The van der Waals surface area contributed by atoms with Crippen LogP contribution in [-0.2, 0) is 0 Å². The van der Waals surface area contributed by atoms with Crippen LogP contribution in [0, 0.1) is 12.7 Å². The number of benzene rings is 1. The van der Waals surface area contributed by atoms with Crippen LogP contribution in [0.15, 0.2) is 24.5 Å². The molecule has 112 valence electrons. The summed E-state index contributed by atoms with van der Waals surface area (Å²) in [7, 11) is 0. The van der Waals surface area contributed by atoms with Gasteiger partial charge in [-0.25, -0.2) is 9.07 Å². The SMILES string of the molecule is CCNC(C)c1cc(F)c(C)cc1-n1cc(C(N)=O)cn1. The molecule has 0 saturated heterocycles. The number of hydrogen-bond donors (Lipinski definition) is 2. The second kappa shape index (κ2) is 6.05. The summed E-state index contributed by atoms with van der Waals surface area (Å²) < 4.78 is 15.4. The molecule has 2 aromatic rings. The van der Waals surface area contributed by atoms with Crippen molar-refractivity contribution in [2.24, 2.45) is 5.73 Å². The highest BCUT2D eigenvalue weighted by Crippen LogP contribution is 2.25. The van der Waals surface area contributed by atoms with Crippen LogP contribution in [0.3, 0.4) is 0 Å². The number of amides is 1. The van der Waals surface area contributed by atoms with Crippen molar-refractivity contribution in [2.45, 2.75) is 26.8 Å². The number of carbonyl (C=O) groups excluding carboxylic acids is 1. The van der Waals surface area contributed by atoms with Gasteiger partial charge in [-0.1, -0.05) is 6.92 Å². The quantitative estimate of drug-likeness (QED) is 0.885. The molecule has 2 rings (SSSR count). The average Bonchev–Trinajstić information content (AvgIpc) is 2.91. The van der Waals surface area contributed by atoms with Crippen molar-refractivity contribution in [1.82, 2.24) is 15.1 Å². The second-order valence-electron chi connectivity index (χ2n) is 4.98. The third-order valence-corrected chi connectivity index (χ3v) is 3.40. The molecule has 0 aliphatic rings. The molecule has 5 nitrogen and oxygen atoms in total. The van der Waals surface area contributed by atoms with Gasteiger partial charge in [-0.2, -0.15) is 5.10 Å². The summed E-state index contributed by atoms with van der Waals surface area (Å²) in [4.78, 5) is 11.2. The molecule has 0 aliphatic heterocycles. The molecule has 0 bridgehead atoms. The topological polar surface area (TPSA) is 72.9 Å². The van der Waals surface area contributed by atoms with E-state index in [-0.39, 0.29) is 11.9 Å². The smallest absolute Gasteiger partial charge is 0.251 e. The first kappa shape index (κ1) is 15.2. The van der Waals surface area contributed by atoms with E-state index in [1.807, 2.05) is 13.8 Å². The maximum Gasteiger partial charge on any atom is 0.251 e. The van der Waals surface area contributed by atoms with Crippen LogP contribution in [0.25, 0.3) is 5.69 Å². The second-order valence-corrected chi connectivity index (χ2v) is 4.98. The zero-order valence-corrected chi connectivity index (χ0v) is 12.4. The molecular formula is C15H19FN4O. The zero-order chi connectivity index (χ0) is 15.6. The van der Waals surface area contributed by atoms with E-state index in [9.17, 15) is 9.18 Å². The molecule has 1 atom stereocenters. The number of halogens is 1. The molecule has 0 spiro atoms. The van der Waals surface area contributed by atoms with Crippen LogP contribution in [0.2, 0.25) is 0 Å². The van der Waals surface area contributed by atoms with Gasteiger partial charge in [0.05, 0.1) is 17.4 Å². The third-order valence-electron chi connectivity index (χ3n) is 3.40. The van der Waals surface area contributed by atoms with Crippen LogP contribution < -0.4 is 11.1 Å². The van der Waals surface area contributed by atoms with Gasteiger partial charge in [0.2, 0.25) is 0 Å². The van der Waals surface area contributed by atoms with E-state index in [0.717, 1.165) is 17.8 Å². The standard InChI is InChI=1S/C15H19FN4O/c1-4-18-10(3)12-6-13(16)9(2)5-14(12)20-8-11(7-19-20)15(17)21/h5-8,10,18H,4H2,1-3H3,(H2,17,21). The fraction of sp³-hybridized carbons (Fsp3) is 0.333. The number of hydrogen-bond acceptors (Lipinski definition) is 3. The van der Waals surface area contributed by atoms with E-state index in [2.05, 4.69) is 10.4 Å². The van der Waals surface area contributed by atoms with Crippen molar-refractivity contribution >= 4 is 5.91 Å². The first-order chi connectivity index (χ1) is 9.93. The predicted molar refractivity (Wildman–Crippen MR) is 78.9 cm³/mol. The minimum Gasteiger partial charge on any atom is -0.366 e. The van der Waals surface area contributed by atoms with Gasteiger partial charge in [-0.05, 0) is 43.7 Å². The zero-order valence-electron chi connectivity index (χ0n) is 12.4. The molecule has 1 aromatic heterocycles. The molecule has 0 aliphatic carbocycles. The van der Waals surface area contributed by atoms with Gasteiger partial charge < -0.3 is 11.1 Å². The van der Waals surface area contributed by atoms with E-state index < -0.39 is 5.91 Å². The van der Waals surface area contributed by atoms with Crippen molar-refractivity contribution in [3.8, 4) is 5.69 Å². The lowest BCUT2D eigenvalue weighted by molar-refractivity contribution is 0.100. The van der Waals surface area contributed by atoms with Gasteiger partial charge >= 0.3 is 0 Å².